The first kappa shape index (κ1) is 24.0. The maximum Gasteiger partial charge on any atom is 0.224 e. The molecule has 0 bridgehead atoms. The van der Waals surface area contributed by atoms with E-state index in [1.165, 1.54) is 12.1 Å². The minimum atomic E-state index is -0.341. The van der Waals surface area contributed by atoms with Crippen LogP contribution in [0.3, 0.4) is 0 Å². The van der Waals surface area contributed by atoms with Gasteiger partial charge in [0.1, 0.15) is 11.6 Å². The highest BCUT2D eigenvalue weighted by molar-refractivity contribution is 5.94. The summed E-state index contributed by atoms with van der Waals surface area (Å²) in [6, 6.07) is 21.0. The quantitative estimate of drug-likeness (QED) is 0.447. The van der Waals surface area contributed by atoms with Gasteiger partial charge in [0.05, 0.1) is 18.2 Å². The molecule has 1 N–H and O–H groups in total. The van der Waals surface area contributed by atoms with Gasteiger partial charge in [0.25, 0.3) is 0 Å². The van der Waals surface area contributed by atoms with Crippen molar-refractivity contribution >= 4 is 17.5 Å². The molecule has 0 unspecified atom stereocenters. The standard InChI is InChI=1S/C28H26FN3O3/c29-24-4-1-3-22(15-24)19-32(18-21-8-6-20(17-30)7-9-21)28(34)5-2-14-35-25-11-12-26-23(16-25)10-13-27(33)31-26/h1,3-4,6-9,11-12,15-16H,2,5,10,13-14,18-19H2,(H,31,33). The molecule has 0 aliphatic carbocycles. The average molecular weight is 472 g/mol. The molecular weight excluding hydrogens is 445 g/mol. The predicted octanol–water partition coefficient (Wildman–Crippen LogP) is 4.97. The van der Waals surface area contributed by atoms with Crippen molar-refractivity contribution < 1.29 is 18.7 Å². The molecule has 4 rings (SSSR count). The number of fused-ring (bicyclic) bond motifs is 1. The smallest absolute Gasteiger partial charge is 0.224 e. The minimum absolute atomic E-state index is 0.0217. The molecule has 0 aromatic heterocycles. The molecule has 6 nitrogen and oxygen atoms in total. The van der Waals surface area contributed by atoms with Crippen LogP contribution in [-0.2, 0) is 29.1 Å². The lowest BCUT2D eigenvalue weighted by molar-refractivity contribution is -0.132. The van der Waals surface area contributed by atoms with Crippen LogP contribution < -0.4 is 10.1 Å². The number of hydrogen-bond acceptors (Lipinski definition) is 4. The second kappa shape index (κ2) is 11.3. The van der Waals surface area contributed by atoms with Crippen molar-refractivity contribution in [3.05, 3.63) is 94.8 Å². The summed E-state index contributed by atoms with van der Waals surface area (Å²) in [6.07, 6.45) is 1.96. The predicted molar refractivity (Wildman–Crippen MR) is 130 cm³/mol. The van der Waals surface area contributed by atoms with Crippen LogP contribution in [0.5, 0.6) is 5.75 Å². The van der Waals surface area contributed by atoms with Crippen molar-refractivity contribution in [2.75, 3.05) is 11.9 Å². The summed E-state index contributed by atoms with van der Waals surface area (Å²) in [7, 11) is 0. The first-order chi connectivity index (χ1) is 17.0. The SMILES string of the molecule is N#Cc1ccc(CN(Cc2cccc(F)c2)C(=O)CCCOc2ccc3c(c2)CCC(=O)N3)cc1. The van der Waals surface area contributed by atoms with Gasteiger partial charge in [-0.15, -0.1) is 0 Å². The number of benzene rings is 3. The largest absolute Gasteiger partial charge is 0.494 e. The molecule has 0 atom stereocenters. The maximum atomic E-state index is 13.7. The zero-order chi connectivity index (χ0) is 24.6. The molecule has 0 saturated carbocycles. The summed E-state index contributed by atoms with van der Waals surface area (Å²) in [5.74, 6) is 0.330. The Kier molecular flexibility index (Phi) is 7.74. The van der Waals surface area contributed by atoms with Gasteiger partial charge in [-0.1, -0.05) is 24.3 Å². The number of carbonyl (C=O) groups excluding carboxylic acids is 2. The molecule has 35 heavy (non-hydrogen) atoms. The van der Waals surface area contributed by atoms with E-state index in [2.05, 4.69) is 11.4 Å². The number of halogens is 1. The Labute approximate surface area is 203 Å². The fourth-order valence-corrected chi connectivity index (χ4v) is 4.01. The Hall–Kier alpha value is -4.18. The zero-order valence-electron chi connectivity index (χ0n) is 19.3. The molecule has 0 radical (unpaired) electrons. The van der Waals surface area contributed by atoms with E-state index < -0.39 is 0 Å². The lowest BCUT2D eigenvalue weighted by Crippen LogP contribution is -2.30. The van der Waals surface area contributed by atoms with E-state index in [0.717, 1.165) is 16.8 Å². The molecule has 0 spiro atoms. The highest BCUT2D eigenvalue weighted by atomic mass is 19.1. The van der Waals surface area contributed by atoms with Crippen LogP contribution in [0.15, 0.2) is 66.7 Å². The topological polar surface area (TPSA) is 82.4 Å². The zero-order valence-corrected chi connectivity index (χ0v) is 19.3. The number of rotatable bonds is 9. The third-order valence-corrected chi connectivity index (χ3v) is 5.85. The van der Waals surface area contributed by atoms with Gasteiger partial charge in [-0.05, 0) is 72.0 Å². The van der Waals surface area contributed by atoms with Gasteiger partial charge in [0.2, 0.25) is 11.8 Å². The summed E-state index contributed by atoms with van der Waals surface area (Å²) in [5, 5.41) is 11.9. The van der Waals surface area contributed by atoms with E-state index in [-0.39, 0.29) is 30.6 Å². The fourth-order valence-electron chi connectivity index (χ4n) is 4.01. The molecule has 1 aliphatic rings. The lowest BCUT2D eigenvalue weighted by atomic mass is 10.0. The van der Waals surface area contributed by atoms with Crippen molar-refractivity contribution in [2.24, 2.45) is 0 Å². The number of amides is 2. The number of nitrogens with zero attached hydrogens (tertiary/aromatic N) is 2. The molecule has 2 amide bonds. The Morgan fingerprint density at radius 1 is 1.03 bits per heavy atom. The number of aryl methyl sites for hydroxylation is 1. The van der Waals surface area contributed by atoms with Crippen LogP contribution in [0.4, 0.5) is 10.1 Å². The van der Waals surface area contributed by atoms with Gasteiger partial charge >= 0.3 is 0 Å². The van der Waals surface area contributed by atoms with Crippen LogP contribution in [0.25, 0.3) is 0 Å². The van der Waals surface area contributed by atoms with Crippen molar-refractivity contribution in [1.29, 1.82) is 5.26 Å². The van der Waals surface area contributed by atoms with Crippen LogP contribution in [0.2, 0.25) is 0 Å². The molecule has 1 heterocycles. The number of hydrogen-bond donors (Lipinski definition) is 1. The number of nitrogens with one attached hydrogen (secondary N) is 1. The van der Waals surface area contributed by atoms with Gasteiger partial charge in [0.15, 0.2) is 0 Å². The normalized spacial score (nSPS) is 12.3. The van der Waals surface area contributed by atoms with Crippen molar-refractivity contribution in [3.63, 3.8) is 0 Å². The van der Waals surface area contributed by atoms with E-state index in [4.69, 9.17) is 10.00 Å². The van der Waals surface area contributed by atoms with E-state index in [1.54, 1.807) is 29.2 Å². The summed E-state index contributed by atoms with van der Waals surface area (Å²) in [5.41, 5.74) is 4.02. The van der Waals surface area contributed by atoms with Gasteiger partial charge in [-0.3, -0.25) is 9.59 Å². The number of nitriles is 1. The average Bonchev–Trinajstić information content (AvgIpc) is 2.86. The lowest BCUT2D eigenvalue weighted by Gasteiger charge is -2.23. The Morgan fingerprint density at radius 2 is 1.83 bits per heavy atom. The highest BCUT2D eigenvalue weighted by Crippen LogP contribution is 2.27. The molecule has 178 valence electrons. The van der Waals surface area contributed by atoms with E-state index in [9.17, 15) is 14.0 Å². The molecule has 3 aromatic rings. The first-order valence-electron chi connectivity index (χ1n) is 11.6. The molecule has 7 heteroatoms. The first-order valence-corrected chi connectivity index (χ1v) is 11.6. The number of anilines is 1. The minimum Gasteiger partial charge on any atom is -0.494 e. The summed E-state index contributed by atoms with van der Waals surface area (Å²) >= 11 is 0. The van der Waals surface area contributed by atoms with Crippen LogP contribution >= 0.6 is 0 Å². The summed E-state index contributed by atoms with van der Waals surface area (Å²) in [4.78, 5) is 26.3. The number of carbonyl (C=O) groups is 2. The van der Waals surface area contributed by atoms with E-state index >= 15 is 0 Å². The number of ether oxygens (including phenoxy) is 1. The molecular formula is C28H26FN3O3. The van der Waals surface area contributed by atoms with Gasteiger partial charge in [0, 0.05) is 31.6 Å². The van der Waals surface area contributed by atoms with E-state index in [0.29, 0.717) is 49.3 Å². The Balaban J connectivity index is 1.35. The van der Waals surface area contributed by atoms with Crippen LogP contribution in [-0.4, -0.2) is 23.3 Å². The van der Waals surface area contributed by atoms with Crippen LogP contribution in [0, 0.1) is 17.1 Å². The second-order valence-electron chi connectivity index (χ2n) is 8.51. The van der Waals surface area contributed by atoms with Gasteiger partial charge < -0.3 is 15.0 Å². The van der Waals surface area contributed by atoms with Crippen molar-refractivity contribution in [2.45, 2.75) is 38.8 Å². The molecule has 0 fully saturated rings. The molecule has 1 aliphatic heterocycles. The van der Waals surface area contributed by atoms with Crippen molar-refractivity contribution in [1.82, 2.24) is 4.90 Å². The molecule has 0 saturated heterocycles. The Bertz CT molecular complexity index is 1250. The van der Waals surface area contributed by atoms with Gasteiger partial charge in [-0.2, -0.15) is 5.26 Å². The van der Waals surface area contributed by atoms with Crippen LogP contribution in [0.1, 0.15) is 41.5 Å². The van der Waals surface area contributed by atoms with Crippen molar-refractivity contribution in [3.8, 4) is 11.8 Å². The Morgan fingerprint density at radius 3 is 2.60 bits per heavy atom. The maximum absolute atomic E-state index is 13.7. The second-order valence-corrected chi connectivity index (χ2v) is 8.51. The third-order valence-electron chi connectivity index (χ3n) is 5.85. The molecule has 3 aromatic carbocycles. The summed E-state index contributed by atoms with van der Waals surface area (Å²) < 4.78 is 19.5. The van der Waals surface area contributed by atoms with E-state index in [1.807, 2.05) is 30.3 Å². The highest BCUT2D eigenvalue weighted by Gasteiger charge is 2.17. The third kappa shape index (κ3) is 6.67. The monoisotopic (exact) mass is 471 g/mol. The fraction of sp³-hybridized carbons (Fsp3) is 0.250. The summed E-state index contributed by atoms with van der Waals surface area (Å²) in [6.45, 7) is 1.02. The van der Waals surface area contributed by atoms with Gasteiger partial charge in [-0.25, -0.2) is 4.39 Å².